The molecule has 2 rings (SSSR count). The molecule has 0 bridgehead atoms. The van der Waals surface area contributed by atoms with Gasteiger partial charge in [0.1, 0.15) is 11.4 Å². The number of nitrogen functional groups attached to an aromatic ring is 1. The van der Waals surface area contributed by atoms with Crippen LogP contribution in [0.15, 0.2) is 33.9 Å². The van der Waals surface area contributed by atoms with Crippen LogP contribution in [0.4, 0.5) is 5.82 Å². The van der Waals surface area contributed by atoms with E-state index in [-0.39, 0.29) is 17.9 Å². The minimum atomic E-state index is -0.809. The Morgan fingerprint density at radius 2 is 1.92 bits per heavy atom. The van der Waals surface area contributed by atoms with Gasteiger partial charge in [-0.25, -0.2) is 9.59 Å². The van der Waals surface area contributed by atoms with E-state index in [0.29, 0.717) is 12.0 Å². The fraction of sp³-hybridized carbons (Fsp3) is 0.333. The number of hydrogen-bond donors (Lipinski definition) is 1. The number of Topliss-reactive ketones (excluding diaryl/α,β-unsaturated/α-hetero) is 1. The monoisotopic (exact) mass is 359 g/mol. The molecule has 1 aromatic carbocycles. The quantitative estimate of drug-likeness (QED) is 0.605. The number of ketones is 1. The molecular weight excluding hydrogens is 338 g/mol. The van der Waals surface area contributed by atoms with Gasteiger partial charge in [0.15, 0.2) is 6.61 Å². The third-order valence-corrected chi connectivity index (χ3v) is 3.90. The average molecular weight is 359 g/mol. The van der Waals surface area contributed by atoms with E-state index in [0.717, 1.165) is 14.7 Å². The van der Waals surface area contributed by atoms with Gasteiger partial charge < -0.3 is 10.5 Å². The summed E-state index contributed by atoms with van der Waals surface area (Å²) in [4.78, 5) is 48.9. The Labute approximate surface area is 149 Å². The molecule has 0 aliphatic rings. The maximum atomic E-state index is 12.4. The standard InChI is InChI=1S/C18H21N3O5/c1-4-8-21-15(19)14(16(23)20(3)18(21)25)13(22)10-26-17(24)12-7-5-6-11(2)9-12/h5-7,9H,4,8,10,19H2,1-3H3. The minimum absolute atomic E-state index is 0.212. The summed E-state index contributed by atoms with van der Waals surface area (Å²) < 4.78 is 6.98. The molecule has 0 aliphatic carbocycles. The van der Waals surface area contributed by atoms with E-state index in [2.05, 4.69) is 0 Å². The second kappa shape index (κ2) is 7.81. The Balaban J connectivity index is 2.29. The normalized spacial score (nSPS) is 10.6. The van der Waals surface area contributed by atoms with Gasteiger partial charge in [-0.05, 0) is 25.5 Å². The molecule has 0 unspecified atom stereocenters. The molecule has 8 heteroatoms. The van der Waals surface area contributed by atoms with E-state index in [1.165, 1.54) is 7.05 Å². The molecule has 138 valence electrons. The first-order chi connectivity index (χ1) is 12.3. The molecule has 0 spiro atoms. The van der Waals surface area contributed by atoms with Crippen molar-refractivity contribution in [2.45, 2.75) is 26.8 Å². The number of anilines is 1. The summed E-state index contributed by atoms with van der Waals surface area (Å²) in [7, 11) is 1.27. The maximum Gasteiger partial charge on any atom is 0.338 e. The molecule has 0 fully saturated rings. The second-order valence-corrected chi connectivity index (χ2v) is 5.93. The Hall–Kier alpha value is -3.16. The molecule has 0 atom stereocenters. The number of rotatable bonds is 6. The molecular formula is C18H21N3O5. The number of nitrogens with two attached hydrogens (primary N) is 1. The van der Waals surface area contributed by atoms with Crippen LogP contribution in [0.1, 0.15) is 39.6 Å². The molecule has 2 N–H and O–H groups in total. The van der Waals surface area contributed by atoms with Gasteiger partial charge in [0.2, 0.25) is 5.78 Å². The first kappa shape index (κ1) is 19.2. The highest BCUT2D eigenvalue weighted by Gasteiger charge is 2.22. The van der Waals surface area contributed by atoms with E-state index in [1.807, 2.05) is 19.9 Å². The van der Waals surface area contributed by atoms with E-state index < -0.39 is 29.6 Å². The lowest BCUT2D eigenvalue weighted by Crippen LogP contribution is -2.43. The predicted octanol–water partition coefficient (Wildman–Crippen LogP) is 0.887. The van der Waals surface area contributed by atoms with Crippen LogP contribution in [0.2, 0.25) is 0 Å². The summed E-state index contributed by atoms with van der Waals surface area (Å²) >= 11 is 0. The van der Waals surface area contributed by atoms with Crippen molar-refractivity contribution in [2.75, 3.05) is 12.3 Å². The van der Waals surface area contributed by atoms with Crippen molar-refractivity contribution in [1.82, 2.24) is 9.13 Å². The van der Waals surface area contributed by atoms with Gasteiger partial charge in [0.25, 0.3) is 5.56 Å². The topological polar surface area (TPSA) is 113 Å². The molecule has 2 aromatic rings. The van der Waals surface area contributed by atoms with E-state index >= 15 is 0 Å². The summed E-state index contributed by atoms with van der Waals surface area (Å²) in [5, 5.41) is 0. The summed E-state index contributed by atoms with van der Waals surface area (Å²) in [5.74, 6) is -1.65. The molecule has 8 nitrogen and oxygen atoms in total. The van der Waals surface area contributed by atoms with Crippen molar-refractivity contribution in [3.8, 4) is 0 Å². The zero-order valence-electron chi connectivity index (χ0n) is 14.9. The Bertz CT molecular complexity index is 972. The first-order valence-electron chi connectivity index (χ1n) is 8.14. The Kier molecular flexibility index (Phi) is 5.76. The third-order valence-electron chi connectivity index (χ3n) is 3.90. The lowest BCUT2D eigenvalue weighted by molar-refractivity contribution is 0.0474. The van der Waals surface area contributed by atoms with Crippen molar-refractivity contribution in [1.29, 1.82) is 0 Å². The van der Waals surface area contributed by atoms with Crippen LogP contribution in [0.3, 0.4) is 0 Å². The number of hydrogen-bond acceptors (Lipinski definition) is 6. The van der Waals surface area contributed by atoms with Crippen LogP contribution in [-0.2, 0) is 18.3 Å². The number of nitrogens with zero attached hydrogens (tertiary/aromatic N) is 2. The number of aryl methyl sites for hydroxylation is 1. The van der Waals surface area contributed by atoms with Gasteiger partial charge in [-0.2, -0.15) is 0 Å². The van der Waals surface area contributed by atoms with Crippen LogP contribution >= 0.6 is 0 Å². The molecule has 1 aromatic heterocycles. The highest BCUT2D eigenvalue weighted by Crippen LogP contribution is 2.09. The van der Waals surface area contributed by atoms with Crippen molar-refractivity contribution in [3.63, 3.8) is 0 Å². The molecule has 1 heterocycles. The SMILES string of the molecule is CCCn1c(N)c(C(=O)COC(=O)c2cccc(C)c2)c(=O)n(C)c1=O. The van der Waals surface area contributed by atoms with Crippen molar-refractivity contribution >= 4 is 17.6 Å². The van der Waals surface area contributed by atoms with Gasteiger partial charge in [-0.3, -0.25) is 18.7 Å². The lowest BCUT2D eigenvalue weighted by atomic mass is 10.1. The molecule has 26 heavy (non-hydrogen) atoms. The largest absolute Gasteiger partial charge is 0.454 e. The number of aromatic nitrogens is 2. The van der Waals surface area contributed by atoms with Crippen LogP contribution in [0, 0.1) is 6.92 Å². The molecule has 0 amide bonds. The molecule has 0 radical (unpaired) electrons. The molecule has 0 saturated heterocycles. The highest BCUT2D eigenvalue weighted by atomic mass is 16.5. The van der Waals surface area contributed by atoms with E-state index in [1.54, 1.807) is 18.2 Å². The van der Waals surface area contributed by atoms with Crippen LogP contribution in [0.25, 0.3) is 0 Å². The molecule has 0 aliphatic heterocycles. The maximum absolute atomic E-state index is 12.4. The Morgan fingerprint density at radius 3 is 2.54 bits per heavy atom. The van der Waals surface area contributed by atoms with Gasteiger partial charge in [-0.1, -0.05) is 24.6 Å². The summed E-state index contributed by atoms with van der Waals surface area (Å²) in [6, 6.07) is 6.71. The minimum Gasteiger partial charge on any atom is -0.454 e. The van der Waals surface area contributed by atoms with Gasteiger partial charge in [-0.15, -0.1) is 0 Å². The first-order valence-corrected chi connectivity index (χ1v) is 8.14. The zero-order chi connectivity index (χ0) is 19.4. The summed E-state index contributed by atoms with van der Waals surface area (Å²) in [6.07, 6.45) is 0.596. The van der Waals surface area contributed by atoms with Crippen molar-refractivity contribution in [2.24, 2.45) is 7.05 Å². The fourth-order valence-corrected chi connectivity index (χ4v) is 2.54. The van der Waals surface area contributed by atoms with Crippen LogP contribution < -0.4 is 17.0 Å². The number of ether oxygens (including phenoxy) is 1. The van der Waals surface area contributed by atoms with Crippen molar-refractivity contribution in [3.05, 3.63) is 61.8 Å². The van der Waals surface area contributed by atoms with Gasteiger partial charge in [0.05, 0.1) is 5.56 Å². The van der Waals surface area contributed by atoms with Crippen LogP contribution in [-0.4, -0.2) is 27.5 Å². The fourth-order valence-electron chi connectivity index (χ4n) is 2.54. The second-order valence-electron chi connectivity index (χ2n) is 5.93. The van der Waals surface area contributed by atoms with Gasteiger partial charge >= 0.3 is 11.7 Å². The number of carbonyl (C=O) groups excluding carboxylic acids is 2. The molecule has 0 saturated carbocycles. The van der Waals surface area contributed by atoms with Crippen LogP contribution in [0.5, 0.6) is 0 Å². The Morgan fingerprint density at radius 1 is 1.23 bits per heavy atom. The number of esters is 1. The van der Waals surface area contributed by atoms with Crippen molar-refractivity contribution < 1.29 is 14.3 Å². The highest BCUT2D eigenvalue weighted by molar-refractivity contribution is 6.02. The average Bonchev–Trinajstić information content (AvgIpc) is 2.61. The van der Waals surface area contributed by atoms with E-state index in [9.17, 15) is 19.2 Å². The zero-order valence-corrected chi connectivity index (χ0v) is 14.9. The van der Waals surface area contributed by atoms with Gasteiger partial charge in [0, 0.05) is 13.6 Å². The smallest absolute Gasteiger partial charge is 0.338 e. The van der Waals surface area contributed by atoms with E-state index in [4.69, 9.17) is 10.5 Å². The summed E-state index contributed by atoms with van der Waals surface area (Å²) in [5.41, 5.74) is 5.28. The third kappa shape index (κ3) is 3.74. The summed E-state index contributed by atoms with van der Waals surface area (Å²) in [6.45, 7) is 3.28. The number of benzene rings is 1. The predicted molar refractivity (Wildman–Crippen MR) is 96.4 cm³/mol. The lowest BCUT2D eigenvalue weighted by Gasteiger charge is -2.13. The number of carbonyl (C=O) groups is 2.